The van der Waals surface area contributed by atoms with Crippen LogP contribution in [0.4, 0.5) is 27.6 Å². The quantitative estimate of drug-likeness (QED) is 0.409. The summed E-state index contributed by atoms with van der Waals surface area (Å²) in [7, 11) is 0. The van der Waals surface area contributed by atoms with E-state index in [2.05, 4.69) is 4.99 Å². The van der Waals surface area contributed by atoms with Crippen molar-refractivity contribution in [3.63, 3.8) is 0 Å². The highest BCUT2D eigenvalue weighted by Gasteiger charge is 2.34. The van der Waals surface area contributed by atoms with Gasteiger partial charge in [-0.25, -0.2) is 13.8 Å². The van der Waals surface area contributed by atoms with E-state index in [1.165, 1.54) is 0 Å². The minimum Gasteiger partial charge on any atom is -0.229 e. The van der Waals surface area contributed by atoms with Crippen LogP contribution >= 0.6 is 23.2 Å². The molecule has 0 heterocycles. The molecule has 0 aliphatic rings. The molecule has 0 aliphatic carbocycles. The van der Waals surface area contributed by atoms with Crippen LogP contribution in [-0.2, 0) is 0 Å². The average Bonchev–Trinajstić information content (AvgIpc) is 2.17. The molecule has 0 radical (unpaired) electrons. The van der Waals surface area contributed by atoms with Gasteiger partial charge < -0.3 is 0 Å². The van der Waals surface area contributed by atoms with Gasteiger partial charge in [-0.15, -0.1) is 0 Å². The summed E-state index contributed by atoms with van der Waals surface area (Å²) in [6.07, 6.45) is -4.89. The molecule has 0 aliphatic heterocycles. The fourth-order valence-corrected chi connectivity index (χ4v) is 1.02. The van der Waals surface area contributed by atoms with E-state index in [0.29, 0.717) is 12.1 Å². The van der Waals surface area contributed by atoms with E-state index in [4.69, 9.17) is 23.2 Å². The third-order valence-electron chi connectivity index (χ3n) is 1.47. The van der Waals surface area contributed by atoms with Crippen LogP contribution in [-0.4, -0.2) is 11.3 Å². The zero-order valence-electron chi connectivity index (χ0n) is 7.25. The molecule has 0 N–H and O–H groups in total. The highest BCUT2D eigenvalue weighted by Crippen LogP contribution is 2.30. The Labute approximate surface area is 96.5 Å². The molecule has 1 aromatic carbocycles. The van der Waals surface area contributed by atoms with E-state index >= 15 is 0 Å². The Kier molecular flexibility index (Phi) is 3.75. The minimum atomic E-state index is -4.89. The Bertz CT molecular complexity index is 441. The standard InChI is InChI=1S/C8H2Cl2F5N/c9-5-3(11)1-2-4(6(5)12)16-7(10)8(13,14)15/h1-2H. The maximum atomic E-state index is 13.1. The van der Waals surface area contributed by atoms with Crippen molar-refractivity contribution < 1.29 is 22.0 Å². The molecule has 0 atom stereocenters. The number of benzene rings is 1. The molecule has 0 saturated heterocycles. The first-order chi connectivity index (χ1) is 7.23. The molecule has 0 fully saturated rings. The Morgan fingerprint density at radius 1 is 1.19 bits per heavy atom. The van der Waals surface area contributed by atoms with Gasteiger partial charge in [-0.05, 0) is 12.1 Å². The first-order valence-corrected chi connectivity index (χ1v) is 4.44. The summed E-state index contributed by atoms with van der Waals surface area (Å²) in [4.78, 5) is 2.76. The maximum absolute atomic E-state index is 13.1. The van der Waals surface area contributed by atoms with Crippen LogP contribution in [0.15, 0.2) is 17.1 Å². The number of aliphatic imine (C=N–C) groups is 1. The molecule has 8 heteroatoms. The van der Waals surface area contributed by atoms with Gasteiger partial charge in [0.15, 0.2) is 5.82 Å². The van der Waals surface area contributed by atoms with Crippen LogP contribution in [0.2, 0.25) is 5.02 Å². The van der Waals surface area contributed by atoms with Crippen molar-refractivity contribution in [2.75, 3.05) is 0 Å². The minimum absolute atomic E-state index is 0.685. The second-order valence-electron chi connectivity index (χ2n) is 2.59. The van der Waals surface area contributed by atoms with Crippen LogP contribution in [0.5, 0.6) is 0 Å². The lowest BCUT2D eigenvalue weighted by Gasteiger charge is -2.04. The van der Waals surface area contributed by atoms with E-state index in [9.17, 15) is 22.0 Å². The summed E-state index contributed by atoms with van der Waals surface area (Å²) >= 11 is 9.91. The van der Waals surface area contributed by atoms with Crippen molar-refractivity contribution >= 4 is 34.1 Å². The lowest BCUT2D eigenvalue weighted by atomic mass is 10.3. The SMILES string of the molecule is Fc1ccc(N=C(Cl)C(F)(F)F)c(F)c1Cl. The highest BCUT2D eigenvalue weighted by molar-refractivity contribution is 6.67. The molecule has 0 bridgehead atoms. The summed E-state index contributed by atoms with van der Waals surface area (Å²) in [6, 6.07) is 1.38. The van der Waals surface area contributed by atoms with Crippen molar-refractivity contribution in [3.05, 3.63) is 28.8 Å². The molecular weight excluding hydrogens is 276 g/mol. The molecule has 0 amide bonds. The molecule has 88 valence electrons. The Balaban J connectivity index is 3.22. The topological polar surface area (TPSA) is 12.4 Å². The highest BCUT2D eigenvalue weighted by atomic mass is 35.5. The molecule has 16 heavy (non-hydrogen) atoms. The summed E-state index contributed by atoms with van der Waals surface area (Å²) in [5, 5.41) is -2.71. The first-order valence-electron chi connectivity index (χ1n) is 3.68. The zero-order chi connectivity index (χ0) is 12.5. The maximum Gasteiger partial charge on any atom is 0.444 e. The van der Waals surface area contributed by atoms with E-state index in [-0.39, 0.29) is 0 Å². The predicted octanol–water partition coefficient (Wildman–Crippen LogP) is 4.45. The Hall–Kier alpha value is -0.880. The molecular formula is C8H2Cl2F5N. The third kappa shape index (κ3) is 2.82. The second-order valence-corrected chi connectivity index (χ2v) is 3.33. The van der Waals surface area contributed by atoms with Crippen molar-refractivity contribution in [1.29, 1.82) is 0 Å². The Morgan fingerprint density at radius 2 is 1.75 bits per heavy atom. The van der Waals surface area contributed by atoms with E-state index in [1.807, 2.05) is 0 Å². The molecule has 1 nitrogen and oxygen atoms in total. The van der Waals surface area contributed by atoms with Gasteiger partial charge in [-0.1, -0.05) is 23.2 Å². The van der Waals surface area contributed by atoms with Gasteiger partial charge in [0.1, 0.15) is 16.5 Å². The molecule has 0 aromatic heterocycles. The van der Waals surface area contributed by atoms with Crippen LogP contribution in [0.3, 0.4) is 0 Å². The molecule has 0 spiro atoms. The summed E-state index contributed by atoms with van der Waals surface area (Å²) in [5.41, 5.74) is -0.784. The van der Waals surface area contributed by atoms with Crippen LogP contribution in [0.25, 0.3) is 0 Å². The fourth-order valence-electron chi connectivity index (χ4n) is 0.771. The van der Waals surface area contributed by atoms with Gasteiger partial charge in [0, 0.05) is 0 Å². The summed E-state index contributed by atoms with van der Waals surface area (Å²) in [6.45, 7) is 0. The van der Waals surface area contributed by atoms with E-state index in [0.717, 1.165) is 0 Å². The summed E-state index contributed by atoms with van der Waals surface area (Å²) < 4.78 is 61.6. The largest absolute Gasteiger partial charge is 0.444 e. The number of nitrogens with zero attached hydrogens (tertiary/aromatic N) is 1. The van der Waals surface area contributed by atoms with Crippen molar-refractivity contribution in [1.82, 2.24) is 0 Å². The fraction of sp³-hybridized carbons (Fsp3) is 0.125. The van der Waals surface area contributed by atoms with Crippen molar-refractivity contribution in [2.45, 2.75) is 6.18 Å². The van der Waals surface area contributed by atoms with Crippen LogP contribution < -0.4 is 0 Å². The normalized spacial score (nSPS) is 13.1. The van der Waals surface area contributed by atoms with Crippen molar-refractivity contribution in [3.8, 4) is 0 Å². The predicted molar refractivity (Wildman–Crippen MR) is 50.4 cm³/mol. The van der Waals surface area contributed by atoms with Crippen LogP contribution in [0, 0.1) is 11.6 Å². The number of halogens is 7. The Morgan fingerprint density at radius 3 is 2.25 bits per heavy atom. The number of rotatable bonds is 1. The average molecular weight is 278 g/mol. The van der Waals surface area contributed by atoms with Crippen LogP contribution in [0.1, 0.15) is 0 Å². The first kappa shape index (κ1) is 13.2. The zero-order valence-corrected chi connectivity index (χ0v) is 8.76. The van der Waals surface area contributed by atoms with Gasteiger partial charge in [0.25, 0.3) is 0 Å². The number of alkyl halides is 3. The molecule has 0 saturated carbocycles. The lowest BCUT2D eigenvalue weighted by molar-refractivity contribution is -0.0558. The van der Waals surface area contributed by atoms with E-state index < -0.39 is 33.7 Å². The van der Waals surface area contributed by atoms with Gasteiger partial charge >= 0.3 is 6.18 Å². The monoisotopic (exact) mass is 277 g/mol. The van der Waals surface area contributed by atoms with Gasteiger partial charge in [0.2, 0.25) is 5.17 Å². The van der Waals surface area contributed by atoms with E-state index in [1.54, 1.807) is 0 Å². The van der Waals surface area contributed by atoms with Gasteiger partial charge in [0.05, 0.1) is 0 Å². The van der Waals surface area contributed by atoms with Gasteiger partial charge in [-0.2, -0.15) is 13.2 Å². The molecule has 0 unspecified atom stereocenters. The third-order valence-corrected chi connectivity index (χ3v) is 2.11. The van der Waals surface area contributed by atoms with Gasteiger partial charge in [-0.3, -0.25) is 0 Å². The lowest BCUT2D eigenvalue weighted by Crippen LogP contribution is -2.16. The number of hydrogen-bond acceptors (Lipinski definition) is 1. The second kappa shape index (κ2) is 4.55. The smallest absolute Gasteiger partial charge is 0.229 e. The summed E-state index contributed by atoms with van der Waals surface area (Å²) in [5.74, 6) is -2.50. The number of hydrogen-bond donors (Lipinski definition) is 0. The van der Waals surface area contributed by atoms with Crippen molar-refractivity contribution in [2.24, 2.45) is 4.99 Å². The molecule has 1 rings (SSSR count). The molecule has 1 aromatic rings.